The van der Waals surface area contributed by atoms with Crippen LogP contribution in [0.4, 0.5) is 11.4 Å². The molecule has 3 heterocycles. The topological polar surface area (TPSA) is 98.0 Å². The summed E-state index contributed by atoms with van der Waals surface area (Å²) in [5, 5.41) is 0. The summed E-state index contributed by atoms with van der Waals surface area (Å²) in [4.78, 5) is 33.1. The first-order valence-corrected chi connectivity index (χ1v) is 8.99. The van der Waals surface area contributed by atoms with E-state index in [1.165, 1.54) is 4.90 Å². The molecule has 28 heavy (non-hydrogen) atoms. The van der Waals surface area contributed by atoms with Crippen molar-refractivity contribution in [2.24, 2.45) is 0 Å². The van der Waals surface area contributed by atoms with E-state index >= 15 is 0 Å². The molecule has 0 spiro atoms. The second-order valence-electron chi connectivity index (χ2n) is 6.48. The maximum absolute atomic E-state index is 13.1. The smallest absolute Gasteiger partial charge is 0.294 e. The fourth-order valence-corrected chi connectivity index (χ4v) is 3.13. The first-order valence-electron chi connectivity index (χ1n) is 8.99. The van der Waals surface area contributed by atoms with Crippen molar-refractivity contribution in [2.75, 3.05) is 43.5 Å². The second kappa shape index (κ2) is 7.69. The number of morpholine rings is 1. The van der Waals surface area contributed by atoms with Gasteiger partial charge in [0.2, 0.25) is 5.91 Å². The second-order valence-corrected chi connectivity index (χ2v) is 6.48. The Morgan fingerprint density at radius 3 is 2.79 bits per heavy atom. The van der Waals surface area contributed by atoms with Gasteiger partial charge in [0.1, 0.15) is 6.54 Å². The predicted molar refractivity (Wildman–Crippen MR) is 103 cm³/mol. The highest BCUT2D eigenvalue weighted by Gasteiger charge is 2.33. The SMILES string of the molecule is Nc1ccc2c(c1)N(CC(=O)N1CCOCC1)C(=O)/C(=C\c1ccccn1)O2. The van der Waals surface area contributed by atoms with Crippen LogP contribution in [0.3, 0.4) is 0 Å². The molecule has 2 N–H and O–H groups in total. The highest BCUT2D eigenvalue weighted by Crippen LogP contribution is 2.37. The lowest BCUT2D eigenvalue weighted by Gasteiger charge is -2.33. The van der Waals surface area contributed by atoms with E-state index < -0.39 is 5.91 Å². The van der Waals surface area contributed by atoms with Crippen molar-refractivity contribution in [2.45, 2.75) is 0 Å². The summed E-state index contributed by atoms with van der Waals surface area (Å²) >= 11 is 0. The average Bonchev–Trinajstić information content (AvgIpc) is 2.73. The Labute approximate surface area is 162 Å². The van der Waals surface area contributed by atoms with Gasteiger partial charge in [0.25, 0.3) is 5.91 Å². The number of nitrogen functional groups attached to an aromatic ring is 1. The molecule has 1 aromatic carbocycles. The number of anilines is 2. The van der Waals surface area contributed by atoms with Crippen molar-refractivity contribution >= 4 is 29.3 Å². The molecule has 0 radical (unpaired) electrons. The van der Waals surface area contributed by atoms with E-state index in [9.17, 15) is 9.59 Å². The number of ether oxygens (including phenoxy) is 2. The molecule has 1 saturated heterocycles. The van der Waals surface area contributed by atoms with E-state index in [4.69, 9.17) is 15.2 Å². The van der Waals surface area contributed by atoms with Gasteiger partial charge in [0.05, 0.1) is 24.6 Å². The molecule has 0 bridgehead atoms. The van der Waals surface area contributed by atoms with E-state index in [2.05, 4.69) is 4.98 Å². The van der Waals surface area contributed by atoms with E-state index in [1.807, 2.05) is 6.07 Å². The number of nitrogens with two attached hydrogens (primary N) is 1. The summed E-state index contributed by atoms with van der Waals surface area (Å²) in [5.41, 5.74) is 7.44. The largest absolute Gasteiger partial charge is 0.449 e. The summed E-state index contributed by atoms with van der Waals surface area (Å²) < 4.78 is 11.1. The van der Waals surface area contributed by atoms with Crippen molar-refractivity contribution in [3.8, 4) is 5.75 Å². The number of hydrogen-bond donors (Lipinski definition) is 1. The van der Waals surface area contributed by atoms with Crippen molar-refractivity contribution in [1.82, 2.24) is 9.88 Å². The maximum atomic E-state index is 13.1. The summed E-state index contributed by atoms with van der Waals surface area (Å²) in [6, 6.07) is 10.4. The highest BCUT2D eigenvalue weighted by atomic mass is 16.5. The quantitative estimate of drug-likeness (QED) is 0.636. The van der Waals surface area contributed by atoms with Crippen molar-refractivity contribution in [3.63, 3.8) is 0 Å². The number of benzene rings is 1. The molecule has 8 nitrogen and oxygen atoms in total. The molecule has 0 atom stereocenters. The van der Waals surface area contributed by atoms with Crippen LogP contribution in [-0.4, -0.2) is 54.5 Å². The molecule has 2 aromatic rings. The number of fused-ring (bicyclic) bond motifs is 1. The van der Waals surface area contributed by atoms with Gasteiger partial charge < -0.3 is 20.1 Å². The third-order valence-corrected chi connectivity index (χ3v) is 4.57. The lowest BCUT2D eigenvalue weighted by Crippen LogP contribution is -2.48. The van der Waals surface area contributed by atoms with Gasteiger partial charge in [-0.3, -0.25) is 19.5 Å². The van der Waals surface area contributed by atoms with Gasteiger partial charge >= 0.3 is 0 Å². The van der Waals surface area contributed by atoms with Crippen LogP contribution in [0.2, 0.25) is 0 Å². The zero-order chi connectivity index (χ0) is 19.5. The van der Waals surface area contributed by atoms with Gasteiger partial charge in [-0.05, 0) is 30.3 Å². The van der Waals surface area contributed by atoms with E-state index in [1.54, 1.807) is 47.5 Å². The summed E-state index contributed by atoms with van der Waals surface area (Å²) in [5.74, 6) is 0.00554. The molecule has 0 aliphatic carbocycles. The first-order chi connectivity index (χ1) is 13.6. The van der Waals surface area contributed by atoms with E-state index in [0.717, 1.165) is 0 Å². The molecule has 0 unspecified atom stereocenters. The molecule has 1 aromatic heterocycles. The number of aromatic nitrogens is 1. The monoisotopic (exact) mass is 380 g/mol. The van der Waals surface area contributed by atoms with Gasteiger partial charge in [0.15, 0.2) is 11.5 Å². The van der Waals surface area contributed by atoms with E-state index in [0.29, 0.717) is 49.1 Å². The Morgan fingerprint density at radius 1 is 1.21 bits per heavy atom. The van der Waals surface area contributed by atoms with E-state index in [-0.39, 0.29) is 18.2 Å². The van der Waals surface area contributed by atoms with Gasteiger partial charge in [-0.1, -0.05) is 6.07 Å². The minimum absolute atomic E-state index is 0.0990. The fraction of sp³-hybridized carbons (Fsp3) is 0.250. The Balaban J connectivity index is 1.66. The number of rotatable bonds is 3. The standard InChI is InChI=1S/C20H20N4O4/c21-14-4-5-17-16(11-14)24(13-19(25)23-7-9-27-10-8-23)20(26)18(28-17)12-15-3-1-2-6-22-15/h1-6,11-12H,7-10,13,21H2/b18-12+. The fourth-order valence-electron chi connectivity index (χ4n) is 3.13. The van der Waals surface area contributed by atoms with Gasteiger partial charge in [-0.15, -0.1) is 0 Å². The zero-order valence-corrected chi connectivity index (χ0v) is 15.2. The lowest BCUT2D eigenvalue weighted by atomic mass is 10.1. The molecule has 2 aliphatic heterocycles. The van der Waals surface area contributed by atoms with Crippen LogP contribution in [-0.2, 0) is 14.3 Å². The lowest BCUT2D eigenvalue weighted by molar-refractivity contribution is -0.135. The molecule has 0 saturated carbocycles. The molecule has 2 aliphatic rings. The van der Waals surface area contributed by atoms with Crippen LogP contribution in [0.15, 0.2) is 48.4 Å². The van der Waals surface area contributed by atoms with Crippen LogP contribution >= 0.6 is 0 Å². The molecule has 2 amide bonds. The average molecular weight is 380 g/mol. The molecular formula is C20H20N4O4. The molecular weight excluding hydrogens is 360 g/mol. The minimum Gasteiger partial charge on any atom is -0.449 e. The number of hydrogen-bond acceptors (Lipinski definition) is 6. The van der Waals surface area contributed by atoms with Crippen LogP contribution in [0.1, 0.15) is 5.69 Å². The Bertz CT molecular complexity index is 923. The van der Waals surface area contributed by atoms with Crippen LogP contribution in [0.25, 0.3) is 6.08 Å². The molecule has 4 rings (SSSR count). The summed E-state index contributed by atoms with van der Waals surface area (Å²) in [7, 11) is 0. The third kappa shape index (κ3) is 3.67. The van der Waals surface area contributed by atoms with Gasteiger partial charge in [-0.25, -0.2) is 0 Å². The van der Waals surface area contributed by atoms with Crippen molar-refractivity contribution in [1.29, 1.82) is 0 Å². The summed E-state index contributed by atoms with van der Waals surface area (Å²) in [6.07, 6.45) is 3.20. The number of amides is 2. The Morgan fingerprint density at radius 2 is 2.04 bits per heavy atom. The highest BCUT2D eigenvalue weighted by molar-refractivity contribution is 6.12. The Hall–Kier alpha value is -3.39. The van der Waals surface area contributed by atoms with Crippen LogP contribution < -0.4 is 15.4 Å². The maximum Gasteiger partial charge on any atom is 0.294 e. The molecule has 1 fully saturated rings. The molecule has 8 heteroatoms. The first kappa shape index (κ1) is 18.0. The number of pyridine rings is 1. The van der Waals surface area contributed by atoms with Crippen molar-refractivity contribution in [3.05, 3.63) is 54.0 Å². The van der Waals surface area contributed by atoms with Gasteiger partial charge in [0, 0.05) is 31.0 Å². The van der Waals surface area contributed by atoms with Gasteiger partial charge in [-0.2, -0.15) is 0 Å². The number of nitrogens with zero attached hydrogens (tertiary/aromatic N) is 3. The van der Waals surface area contributed by atoms with Crippen LogP contribution in [0, 0.1) is 0 Å². The zero-order valence-electron chi connectivity index (χ0n) is 15.2. The predicted octanol–water partition coefficient (Wildman–Crippen LogP) is 1.29. The minimum atomic E-state index is -0.412. The third-order valence-electron chi connectivity index (χ3n) is 4.57. The van der Waals surface area contributed by atoms with Crippen molar-refractivity contribution < 1.29 is 19.1 Å². The number of carbonyl (C=O) groups is 2. The number of carbonyl (C=O) groups excluding carboxylic acids is 2. The Kier molecular flexibility index (Phi) is 4.94. The molecule has 144 valence electrons. The van der Waals surface area contributed by atoms with Crippen LogP contribution in [0.5, 0.6) is 5.75 Å². The summed E-state index contributed by atoms with van der Waals surface area (Å²) in [6.45, 7) is 1.92. The normalized spacial score (nSPS) is 18.0.